The summed E-state index contributed by atoms with van der Waals surface area (Å²) in [5.41, 5.74) is 1.04. The Hall–Kier alpha value is -1.35. The standard InChI is InChI=1S/C14H16O2S/c1-2-12-8-6-7-11-14(12)17(15,16)13-9-4-3-5-10-13/h3-5,7,9-11H,2,6,8H2,1H3. The highest BCUT2D eigenvalue weighted by Gasteiger charge is 2.22. The van der Waals surface area contributed by atoms with Gasteiger partial charge in [0.05, 0.1) is 9.80 Å². The van der Waals surface area contributed by atoms with Crippen LogP contribution in [0.5, 0.6) is 0 Å². The minimum absolute atomic E-state index is 0.382. The van der Waals surface area contributed by atoms with Gasteiger partial charge in [-0.25, -0.2) is 8.42 Å². The quantitative estimate of drug-likeness (QED) is 0.820. The van der Waals surface area contributed by atoms with E-state index in [0.717, 1.165) is 24.8 Å². The summed E-state index contributed by atoms with van der Waals surface area (Å²) in [5.74, 6) is 0. The average Bonchev–Trinajstić information content (AvgIpc) is 2.39. The molecule has 0 radical (unpaired) electrons. The number of allylic oxidation sites excluding steroid dienone is 3. The molecule has 0 bridgehead atoms. The minimum atomic E-state index is -3.33. The van der Waals surface area contributed by atoms with Crippen LogP contribution in [0.25, 0.3) is 0 Å². The van der Waals surface area contributed by atoms with Gasteiger partial charge < -0.3 is 0 Å². The zero-order valence-electron chi connectivity index (χ0n) is 9.89. The molecule has 1 aliphatic carbocycles. The summed E-state index contributed by atoms with van der Waals surface area (Å²) in [6, 6.07) is 8.64. The Bertz CT molecular complexity index is 551. The van der Waals surface area contributed by atoms with Crippen molar-refractivity contribution in [2.24, 2.45) is 0 Å². The lowest BCUT2D eigenvalue weighted by molar-refractivity contribution is 0.601. The van der Waals surface area contributed by atoms with E-state index < -0.39 is 9.84 Å². The van der Waals surface area contributed by atoms with Crippen molar-refractivity contribution < 1.29 is 8.42 Å². The van der Waals surface area contributed by atoms with E-state index in [1.165, 1.54) is 0 Å². The second-order valence-corrected chi connectivity index (χ2v) is 6.00. The van der Waals surface area contributed by atoms with Crippen LogP contribution in [0, 0.1) is 0 Å². The summed E-state index contributed by atoms with van der Waals surface area (Å²) >= 11 is 0. The fourth-order valence-electron chi connectivity index (χ4n) is 2.05. The van der Waals surface area contributed by atoms with Crippen LogP contribution in [-0.2, 0) is 9.84 Å². The molecule has 1 aromatic rings. The maximum Gasteiger partial charge on any atom is 0.206 e. The third-order valence-electron chi connectivity index (χ3n) is 3.00. The Balaban J connectivity index is 2.53. The van der Waals surface area contributed by atoms with Crippen molar-refractivity contribution >= 4 is 9.84 Å². The normalized spacial score (nSPS) is 16.3. The molecule has 0 atom stereocenters. The molecule has 0 unspecified atom stereocenters. The topological polar surface area (TPSA) is 34.1 Å². The summed E-state index contributed by atoms with van der Waals surface area (Å²) in [6.45, 7) is 2.01. The van der Waals surface area contributed by atoms with Gasteiger partial charge in [0.25, 0.3) is 0 Å². The molecule has 3 heteroatoms. The highest BCUT2D eigenvalue weighted by molar-refractivity contribution is 7.95. The smallest absolute Gasteiger partial charge is 0.206 e. The van der Waals surface area contributed by atoms with E-state index in [-0.39, 0.29) is 0 Å². The molecule has 2 nitrogen and oxygen atoms in total. The van der Waals surface area contributed by atoms with Gasteiger partial charge in [-0.3, -0.25) is 0 Å². The van der Waals surface area contributed by atoms with Gasteiger partial charge in [0, 0.05) is 0 Å². The Morgan fingerprint density at radius 1 is 1.18 bits per heavy atom. The molecule has 1 aromatic carbocycles. The van der Waals surface area contributed by atoms with Gasteiger partial charge in [0.2, 0.25) is 9.84 Å². The SMILES string of the molecule is CCC1=C(S(=O)(=O)c2ccccc2)C=CCC1. The Morgan fingerprint density at radius 3 is 2.53 bits per heavy atom. The van der Waals surface area contributed by atoms with Crippen LogP contribution in [0.4, 0.5) is 0 Å². The highest BCUT2D eigenvalue weighted by atomic mass is 32.2. The van der Waals surface area contributed by atoms with E-state index in [1.807, 2.05) is 19.1 Å². The number of hydrogen-bond acceptors (Lipinski definition) is 2. The molecule has 0 heterocycles. The first-order valence-corrected chi connectivity index (χ1v) is 7.33. The summed E-state index contributed by atoms with van der Waals surface area (Å²) in [7, 11) is -3.33. The molecule has 0 aromatic heterocycles. The second-order valence-electron chi connectivity index (χ2n) is 4.08. The molecule has 0 aliphatic heterocycles. The largest absolute Gasteiger partial charge is 0.219 e. The molecule has 90 valence electrons. The van der Waals surface area contributed by atoms with Crippen molar-refractivity contribution in [3.05, 3.63) is 53.0 Å². The Morgan fingerprint density at radius 2 is 1.88 bits per heavy atom. The van der Waals surface area contributed by atoms with E-state index in [1.54, 1.807) is 30.3 Å². The van der Waals surface area contributed by atoms with Crippen LogP contribution in [-0.4, -0.2) is 8.42 Å². The highest BCUT2D eigenvalue weighted by Crippen LogP contribution is 2.29. The van der Waals surface area contributed by atoms with Crippen molar-refractivity contribution in [2.45, 2.75) is 31.1 Å². The molecular weight excluding hydrogens is 232 g/mol. The lowest BCUT2D eigenvalue weighted by Gasteiger charge is -2.15. The lowest BCUT2D eigenvalue weighted by Crippen LogP contribution is -2.08. The third-order valence-corrected chi connectivity index (χ3v) is 4.90. The molecule has 0 saturated carbocycles. The molecule has 17 heavy (non-hydrogen) atoms. The molecule has 0 fully saturated rings. The first-order chi connectivity index (χ1) is 8.16. The van der Waals surface area contributed by atoms with E-state index >= 15 is 0 Å². The van der Waals surface area contributed by atoms with Crippen molar-refractivity contribution in [3.8, 4) is 0 Å². The fourth-order valence-corrected chi connectivity index (χ4v) is 3.72. The van der Waals surface area contributed by atoms with Crippen LogP contribution in [0.3, 0.4) is 0 Å². The summed E-state index contributed by atoms with van der Waals surface area (Å²) < 4.78 is 24.9. The van der Waals surface area contributed by atoms with E-state index in [9.17, 15) is 8.42 Å². The van der Waals surface area contributed by atoms with Gasteiger partial charge in [0.15, 0.2) is 0 Å². The maximum atomic E-state index is 12.4. The Kier molecular flexibility index (Phi) is 3.48. The van der Waals surface area contributed by atoms with Crippen molar-refractivity contribution in [1.29, 1.82) is 0 Å². The number of hydrogen-bond donors (Lipinski definition) is 0. The molecule has 2 rings (SSSR count). The average molecular weight is 248 g/mol. The van der Waals surface area contributed by atoms with Crippen LogP contribution < -0.4 is 0 Å². The summed E-state index contributed by atoms with van der Waals surface area (Å²) in [6.07, 6.45) is 6.29. The number of rotatable bonds is 3. The zero-order chi connectivity index (χ0) is 12.3. The first kappa shape index (κ1) is 12.1. The lowest BCUT2D eigenvalue weighted by atomic mass is 10.0. The minimum Gasteiger partial charge on any atom is -0.219 e. The molecule has 1 aliphatic rings. The van der Waals surface area contributed by atoms with E-state index in [4.69, 9.17) is 0 Å². The van der Waals surface area contributed by atoms with Crippen molar-refractivity contribution in [3.63, 3.8) is 0 Å². The summed E-state index contributed by atoms with van der Waals surface area (Å²) in [4.78, 5) is 0.880. The molecule has 0 amide bonds. The van der Waals surface area contributed by atoms with Gasteiger partial charge in [-0.15, -0.1) is 0 Å². The number of benzene rings is 1. The van der Waals surface area contributed by atoms with E-state index in [2.05, 4.69) is 0 Å². The van der Waals surface area contributed by atoms with Gasteiger partial charge in [0.1, 0.15) is 0 Å². The molecule has 0 N–H and O–H groups in total. The third kappa shape index (κ3) is 2.34. The predicted octanol–water partition coefficient (Wildman–Crippen LogP) is 3.47. The Labute approximate surface area is 103 Å². The van der Waals surface area contributed by atoms with Gasteiger partial charge in [-0.1, -0.05) is 36.8 Å². The first-order valence-electron chi connectivity index (χ1n) is 5.85. The monoisotopic (exact) mass is 248 g/mol. The van der Waals surface area contributed by atoms with Gasteiger partial charge >= 0.3 is 0 Å². The van der Waals surface area contributed by atoms with Crippen LogP contribution in [0.15, 0.2) is 57.9 Å². The van der Waals surface area contributed by atoms with E-state index in [0.29, 0.717) is 9.80 Å². The predicted molar refractivity (Wildman–Crippen MR) is 69.3 cm³/mol. The second kappa shape index (κ2) is 4.88. The van der Waals surface area contributed by atoms with Crippen LogP contribution in [0.1, 0.15) is 26.2 Å². The van der Waals surface area contributed by atoms with Crippen molar-refractivity contribution in [1.82, 2.24) is 0 Å². The van der Waals surface area contributed by atoms with Gasteiger partial charge in [-0.05, 0) is 37.5 Å². The zero-order valence-corrected chi connectivity index (χ0v) is 10.7. The van der Waals surface area contributed by atoms with Gasteiger partial charge in [-0.2, -0.15) is 0 Å². The van der Waals surface area contributed by atoms with Crippen LogP contribution in [0.2, 0.25) is 0 Å². The van der Waals surface area contributed by atoms with Crippen LogP contribution >= 0.6 is 0 Å². The van der Waals surface area contributed by atoms with Crippen molar-refractivity contribution in [2.75, 3.05) is 0 Å². The number of sulfone groups is 1. The summed E-state index contributed by atoms with van der Waals surface area (Å²) in [5, 5.41) is 0. The molecule has 0 spiro atoms. The molecule has 0 saturated heterocycles. The fraction of sp³-hybridized carbons (Fsp3) is 0.286. The maximum absolute atomic E-state index is 12.4. The molecular formula is C14H16O2S.